The highest BCUT2D eigenvalue weighted by molar-refractivity contribution is 8.17. The molecule has 0 N–H and O–H groups in total. The van der Waals surface area contributed by atoms with E-state index in [0.29, 0.717) is 0 Å². The van der Waals surface area contributed by atoms with Crippen molar-refractivity contribution in [3.8, 4) is 0 Å². The number of hydrogen-bond acceptors (Lipinski definition) is 3. The molecule has 0 amide bonds. The molecule has 1 atom stereocenters. The van der Waals surface area contributed by atoms with Crippen molar-refractivity contribution >= 4 is 23.5 Å². The molecule has 2 aromatic carbocycles. The molecule has 0 aromatic heterocycles. The van der Waals surface area contributed by atoms with Crippen LogP contribution in [0.1, 0.15) is 0 Å². The molecular weight excluding hydrogens is 284 g/mol. The van der Waals surface area contributed by atoms with Crippen LogP contribution in [-0.2, 0) is 4.74 Å². The van der Waals surface area contributed by atoms with E-state index in [0.717, 1.165) is 0 Å². The predicted molar refractivity (Wildman–Crippen MR) is 89.4 cm³/mol. The third-order valence-electron chi connectivity index (χ3n) is 2.76. The lowest BCUT2D eigenvalue weighted by atomic mass is 10.4. The van der Waals surface area contributed by atoms with E-state index in [-0.39, 0.29) is 10.7 Å². The van der Waals surface area contributed by atoms with Gasteiger partial charge in [0.15, 0.2) is 0 Å². The van der Waals surface area contributed by atoms with Crippen molar-refractivity contribution in [1.29, 1.82) is 0 Å². The summed E-state index contributed by atoms with van der Waals surface area (Å²) in [6.45, 7) is 3.88. The van der Waals surface area contributed by atoms with Gasteiger partial charge < -0.3 is 4.74 Å². The fourth-order valence-electron chi connectivity index (χ4n) is 1.74. The van der Waals surface area contributed by atoms with Gasteiger partial charge in [0.05, 0.1) is 10.7 Å². The van der Waals surface area contributed by atoms with Gasteiger partial charge in [0.25, 0.3) is 0 Å². The monoisotopic (exact) mass is 302 g/mol. The smallest absolute Gasteiger partial charge is 0.0966 e. The quantitative estimate of drug-likeness (QED) is 0.400. The van der Waals surface area contributed by atoms with Crippen LogP contribution in [0.5, 0.6) is 0 Å². The summed E-state index contributed by atoms with van der Waals surface area (Å²) >= 11 is 3.62. The SMILES string of the molecule is C=CC(OC)C(Sc1ccccc1)Sc1ccccc1. The van der Waals surface area contributed by atoms with Crippen LogP contribution in [0.2, 0.25) is 0 Å². The number of rotatable bonds is 7. The van der Waals surface area contributed by atoms with Crippen LogP contribution in [-0.4, -0.2) is 17.8 Å². The number of methoxy groups -OCH3 is 1. The van der Waals surface area contributed by atoms with Crippen molar-refractivity contribution < 1.29 is 4.74 Å². The van der Waals surface area contributed by atoms with E-state index in [1.807, 2.05) is 41.7 Å². The summed E-state index contributed by atoms with van der Waals surface area (Å²) in [7, 11) is 1.73. The van der Waals surface area contributed by atoms with Crippen LogP contribution in [0, 0.1) is 0 Å². The standard InChI is InChI=1S/C17H18OS2/c1-3-16(18-2)17(19-14-10-6-4-7-11-14)20-15-12-8-5-9-13-15/h3-13,16-17H,1H2,2H3. The first kappa shape index (κ1) is 15.2. The molecule has 0 aliphatic heterocycles. The minimum Gasteiger partial charge on any atom is -0.375 e. The van der Waals surface area contributed by atoms with Crippen molar-refractivity contribution in [1.82, 2.24) is 0 Å². The third-order valence-corrected chi connectivity index (χ3v) is 5.43. The Morgan fingerprint density at radius 1 is 0.900 bits per heavy atom. The average molecular weight is 302 g/mol. The molecule has 0 aliphatic carbocycles. The predicted octanol–water partition coefficient (Wildman–Crippen LogP) is 5.10. The highest BCUT2D eigenvalue weighted by Gasteiger charge is 2.21. The van der Waals surface area contributed by atoms with Gasteiger partial charge in [-0.25, -0.2) is 0 Å². The fourth-order valence-corrected chi connectivity index (χ4v) is 4.48. The Morgan fingerprint density at radius 3 is 1.70 bits per heavy atom. The second-order valence-electron chi connectivity index (χ2n) is 4.17. The number of ether oxygens (including phenoxy) is 1. The lowest BCUT2D eigenvalue weighted by molar-refractivity contribution is 0.154. The van der Waals surface area contributed by atoms with E-state index < -0.39 is 0 Å². The van der Waals surface area contributed by atoms with Crippen LogP contribution in [0.25, 0.3) is 0 Å². The second-order valence-corrected chi connectivity index (χ2v) is 6.89. The summed E-state index contributed by atoms with van der Waals surface area (Å²) in [4.78, 5) is 2.48. The first-order chi connectivity index (χ1) is 9.83. The Bertz CT molecular complexity index is 472. The lowest BCUT2D eigenvalue weighted by Gasteiger charge is -2.22. The molecule has 104 valence electrons. The summed E-state index contributed by atoms with van der Waals surface area (Å²) in [6, 6.07) is 20.8. The zero-order chi connectivity index (χ0) is 14.2. The normalized spacial score (nSPS) is 12.3. The molecule has 3 heteroatoms. The van der Waals surface area contributed by atoms with Gasteiger partial charge in [-0.1, -0.05) is 42.5 Å². The van der Waals surface area contributed by atoms with Crippen molar-refractivity contribution in [2.75, 3.05) is 7.11 Å². The summed E-state index contributed by atoms with van der Waals surface area (Å²) in [5.74, 6) is 0. The van der Waals surface area contributed by atoms with Gasteiger partial charge in [0.1, 0.15) is 0 Å². The van der Waals surface area contributed by atoms with Gasteiger partial charge in [0, 0.05) is 16.9 Å². The molecule has 0 fully saturated rings. The highest BCUT2D eigenvalue weighted by Crippen LogP contribution is 2.38. The Balaban J connectivity index is 2.14. The minimum atomic E-state index is 0.00501. The first-order valence-electron chi connectivity index (χ1n) is 6.42. The molecule has 1 nitrogen and oxygen atoms in total. The van der Waals surface area contributed by atoms with Gasteiger partial charge in [-0.3, -0.25) is 0 Å². The van der Waals surface area contributed by atoms with E-state index in [1.165, 1.54) is 9.79 Å². The Labute approximate surface area is 129 Å². The summed E-state index contributed by atoms with van der Waals surface area (Å²) in [6.07, 6.45) is 1.88. The second kappa shape index (κ2) is 8.20. The zero-order valence-corrected chi connectivity index (χ0v) is 13.1. The number of hydrogen-bond donors (Lipinski definition) is 0. The van der Waals surface area contributed by atoms with E-state index in [1.54, 1.807) is 7.11 Å². The van der Waals surface area contributed by atoms with Gasteiger partial charge >= 0.3 is 0 Å². The van der Waals surface area contributed by atoms with Crippen molar-refractivity contribution in [2.45, 2.75) is 20.5 Å². The highest BCUT2D eigenvalue weighted by atomic mass is 32.2. The molecule has 0 bridgehead atoms. The van der Waals surface area contributed by atoms with Crippen molar-refractivity contribution in [3.63, 3.8) is 0 Å². The Hall–Kier alpha value is -1.16. The molecule has 20 heavy (non-hydrogen) atoms. The van der Waals surface area contributed by atoms with Crippen LogP contribution < -0.4 is 0 Å². The van der Waals surface area contributed by atoms with E-state index >= 15 is 0 Å². The maximum Gasteiger partial charge on any atom is 0.0966 e. The maximum absolute atomic E-state index is 5.55. The van der Waals surface area contributed by atoms with E-state index in [9.17, 15) is 0 Å². The molecule has 0 saturated carbocycles. The molecular formula is C17H18OS2. The van der Waals surface area contributed by atoms with Gasteiger partial charge in [-0.05, 0) is 24.3 Å². The molecule has 0 aliphatic rings. The van der Waals surface area contributed by atoms with Gasteiger partial charge in [-0.15, -0.1) is 30.1 Å². The fraction of sp³-hybridized carbons (Fsp3) is 0.176. The first-order valence-corrected chi connectivity index (χ1v) is 8.18. The molecule has 1 unspecified atom stereocenters. The maximum atomic E-state index is 5.55. The van der Waals surface area contributed by atoms with Gasteiger partial charge in [0.2, 0.25) is 0 Å². The molecule has 2 rings (SSSR count). The Morgan fingerprint density at radius 2 is 1.35 bits per heavy atom. The molecule has 0 saturated heterocycles. The topological polar surface area (TPSA) is 9.23 Å². The molecule has 0 spiro atoms. The van der Waals surface area contributed by atoms with E-state index in [2.05, 4.69) is 55.1 Å². The van der Waals surface area contributed by atoms with Crippen LogP contribution in [0.4, 0.5) is 0 Å². The van der Waals surface area contributed by atoms with Crippen LogP contribution in [0.3, 0.4) is 0 Å². The summed E-state index contributed by atoms with van der Waals surface area (Å²) < 4.78 is 5.78. The molecule has 2 aromatic rings. The Kier molecular flexibility index (Phi) is 6.25. The summed E-state index contributed by atoms with van der Waals surface area (Å²) in [5, 5.41) is 0. The van der Waals surface area contributed by atoms with Crippen molar-refractivity contribution in [3.05, 3.63) is 73.3 Å². The molecule has 0 radical (unpaired) electrons. The average Bonchev–Trinajstić information content (AvgIpc) is 2.50. The van der Waals surface area contributed by atoms with Crippen LogP contribution >= 0.6 is 23.5 Å². The van der Waals surface area contributed by atoms with Crippen LogP contribution in [0.15, 0.2) is 83.1 Å². The summed E-state index contributed by atoms with van der Waals surface area (Å²) in [5.41, 5.74) is 0. The zero-order valence-electron chi connectivity index (χ0n) is 11.4. The number of benzene rings is 2. The van der Waals surface area contributed by atoms with E-state index in [4.69, 9.17) is 4.74 Å². The number of thioether (sulfide) groups is 2. The molecule has 0 heterocycles. The van der Waals surface area contributed by atoms with Crippen molar-refractivity contribution in [2.24, 2.45) is 0 Å². The van der Waals surface area contributed by atoms with Gasteiger partial charge in [-0.2, -0.15) is 0 Å². The largest absolute Gasteiger partial charge is 0.375 e. The lowest BCUT2D eigenvalue weighted by Crippen LogP contribution is -2.19. The third kappa shape index (κ3) is 4.44. The minimum absolute atomic E-state index is 0.00501.